The number of rotatable bonds is 5. The van der Waals surface area contributed by atoms with E-state index in [0.717, 1.165) is 15.7 Å². The Kier molecular flexibility index (Phi) is 5.09. The Morgan fingerprint density at radius 1 is 1.30 bits per heavy atom. The Morgan fingerprint density at radius 2 is 2.00 bits per heavy atom. The molecule has 2 aromatic rings. The number of aromatic amines is 1. The lowest BCUT2D eigenvalue weighted by atomic mass is 10.1. The second-order valence-electron chi connectivity index (χ2n) is 5.02. The maximum absolute atomic E-state index is 11.7. The van der Waals surface area contributed by atoms with E-state index in [0.29, 0.717) is 24.8 Å². The van der Waals surface area contributed by atoms with Gasteiger partial charge in [0.1, 0.15) is 5.82 Å². The van der Waals surface area contributed by atoms with E-state index in [1.54, 1.807) is 6.07 Å². The topological polar surface area (TPSA) is 57.8 Å². The first-order chi connectivity index (χ1) is 9.52. The first kappa shape index (κ1) is 14.9. The summed E-state index contributed by atoms with van der Waals surface area (Å²) in [6.45, 7) is 4.74. The van der Waals surface area contributed by atoms with Gasteiger partial charge < -0.3 is 10.3 Å². The van der Waals surface area contributed by atoms with Gasteiger partial charge >= 0.3 is 0 Å². The minimum atomic E-state index is -0.104. The van der Waals surface area contributed by atoms with E-state index in [9.17, 15) is 4.79 Å². The van der Waals surface area contributed by atoms with Gasteiger partial charge in [-0.05, 0) is 17.7 Å². The zero-order valence-electron chi connectivity index (χ0n) is 11.6. The van der Waals surface area contributed by atoms with Crippen molar-refractivity contribution >= 4 is 15.9 Å². The van der Waals surface area contributed by atoms with Crippen LogP contribution in [0.25, 0.3) is 0 Å². The lowest BCUT2D eigenvalue weighted by Crippen LogP contribution is -2.24. The first-order valence-electron chi connectivity index (χ1n) is 6.60. The summed E-state index contributed by atoms with van der Waals surface area (Å²) in [5.74, 6) is 0.695. The molecule has 0 bridgehead atoms. The number of H-pyrrole nitrogens is 1. The molecule has 0 atom stereocenters. The summed E-state index contributed by atoms with van der Waals surface area (Å²) in [7, 11) is 0. The number of benzene rings is 1. The largest absolute Gasteiger partial charge is 0.310 e. The van der Waals surface area contributed by atoms with Crippen molar-refractivity contribution in [2.45, 2.75) is 32.9 Å². The molecule has 1 aromatic heterocycles. The van der Waals surface area contributed by atoms with Crippen molar-refractivity contribution in [1.29, 1.82) is 0 Å². The fraction of sp³-hybridized carbons (Fsp3) is 0.333. The van der Waals surface area contributed by atoms with E-state index >= 15 is 0 Å². The Labute approximate surface area is 126 Å². The van der Waals surface area contributed by atoms with Crippen LogP contribution in [0, 0.1) is 0 Å². The van der Waals surface area contributed by atoms with Crippen molar-refractivity contribution in [1.82, 2.24) is 15.3 Å². The second kappa shape index (κ2) is 6.81. The van der Waals surface area contributed by atoms with Crippen LogP contribution in [0.2, 0.25) is 0 Å². The smallest absolute Gasteiger partial charge is 0.251 e. The van der Waals surface area contributed by atoms with Gasteiger partial charge in [-0.25, -0.2) is 4.98 Å². The maximum atomic E-state index is 11.7. The van der Waals surface area contributed by atoms with Gasteiger partial charge in [-0.3, -0.25) is 4.79 Å². The van der Waals surface area contributed by atoms with Crippen LogP contribution < -0.4 is 10.9 Å². The molecule has 0 radical (unpaired) electrons. The predicted octanol–water partition coefficient (Wildman–Crippen LogP) is 2.62. The monoisotopic (exact) mass is 335 g/mol. The van der Waals surface area contributed by atoms with Crippen LogP contribution in [0.3, 0.4) is 0 Å². The van der Waals surface area contributed by atoms with Crippen LogP contribution in [-0.2, 0) is 13.0 Å². The number of nitrogens with one attached hydrogen (secondary N) is 2. The Bertz CT molecular complexity index is 620. The van der Waals surface area contributed by atoms with E-state index < -0.39 is 0 Å². The van der Waals surface area contributed by atoms with Crippen molar-refractivity contribution in [3.8, 4) is 0 Å². The number of nitrogens with zero attached hydrogens (tertiary/aromatic N) is 1. The molecule has 4 nitrogen and oxygen atoms in total. The third-order valence-electron chi connectivity index (χ3n) is 2.82. The Morgan fingerprint density at radius 3 is 2.65 bits per heavy atom. The molecule has 106 valence electrons. The summed E-state index contributed by atoms with van der Waals surface area (Å²) >= 11 is 3.41. The molecule has 0 aliphatic carbocycles. The van der Waals surface area contributed by atoms with Crippen LogP contribution in [0.15, 0.2) is 39.6 Å². The van der Waals surface area contributed by atoms with E-state index in [4.69, 9.17) is 0 Å². The number of hydrogen-bond acceptors (Lipinski definition) is 3. The van der Waals surface area contributed by atoms with Crippen molar-refractivity contribution in [3.63, 3.8) is 0 Å². The number of aromatic nitrogens is 2. The molecular weight excluding hydrogens is 318 g/mol. The molecule has 0 saturated heterocycles. The predicted molar refractivity (Wildman–Crippen MR) is 83.8 cm³/mol. The standard InChI is InChI=1S/C15H18BrN3O/c1-10(2)17-9-13-8-15(20)19-14(18-13)7-11-3-5-12(16)6-4-11/h3-6,8,10,17H,7,9H2,1-2H3,(H,18,19,20). The Balaban J connectivity index is 2.15. The number of halogens is 1. The maximum Gasteiger partial charge on any atom is 0.251 e. The highest BCUT2D eigenvalue weighted by molar-refractivity contribution is 9.10. The molecular formula is C15H18BrN3O. The highest BCUT2D eigenvalue weighted by Crippen LogP contribution is 2.12. The summed E-state index contributed by atoms with van der Waals surface area (Å²) < 4.78 is 1.04. The average molecular weight is 336 g/mol. The molecule has 1 heterocycles. The van der Waals surface area contributed by atoms with Gasteiger partial charge in [-0.1, -0.05) is 41.9 Å². The van der Waals surface area contributed by atoms with Crippen LogP contribution in [0.5, 0.6) is 0 Å². The quantitative estimate of drug-likeness (QED) is 0.883. The summed E-state index contributed by atoms with van der Waals surface area (Å²) in [4.78, 5) is 19.0. The van der Waals surface area contributed by atoms with Crippen LogP contribution in [-0.4, -0.2) is 16.0 Å². The summed E-state index contributed by atoms with van der Waals surface area (Å²) in [6, 6.07) is 9.91. The Hall–Kier alpha value is -1.46. The van der Waals surface area contributed by atoms with Crippen LogP contribution in [0.1, 0.15) is 30.9 Å². The summed E-state index contributed by atoms with van der Waals surface area (Å²) in [5, 5.41) is 3.27. The zero-order chi connectivity index (χ0) is 14.5. The van der Waals surface area contributed by atoms with Gasteiger partial charge in [0, 0.05) is 29.5 Å². The third kappa shape index (κ3) is 4.58. The van der Waals surface area contributed by atoms with Gasteiger partial charge in [-0.2, -0.15) is 0 Å². The molecule has 0 saturated carbocycles. The highest BCUT2D eigenvalue weighted by Gasteiger charge is 2.04. The van der Waals surface area contributed by atoms with Crippen LogP contribution in [0.4, 0.5) is 0 Å². The average Bonchev–Trinajstić information content (AvgIpc) is 2.38. The molecule has 0 aliphatic heterocycles. The lowest BCUT2D eigenvalue weighted by molar-refractivity contribution is 0.578. The zero-order valence-corrected chi connectivity index (χ0v) is 13.2. The second-order valence-corrected chi connectivity index (χ2v) is 5.94. The highest BCUT2D eigenvalue weighted by atomic mass is 79.9. The minimum Gasteiger partial charge on any atom is -0.310 e. The van der Waals surface area contributed by atoms with Crippen molar-refractivity contribution < 1.29 is 0 Å². The molecule has 1 aromatic carbocycles. The molecule has 5 heteroatoms. The molecule has 2 rings (SSSR count). The van der Waals surface area contributed by atoms with Gasteiger partial charge in [-0.15, -0.1) is 0 Å². The van der Waals surface area contributed by atoms with Crippen molar-refractivity contribution in [2.75, 3.05) is 0 Å². The van der Waals surface area contributed by atoms with Gasteiger partial charge in [0.25, 0.3) is 5.56 Å². The SMILES string of the molecule is CC(C)NCc1cc(=O)[nH]c(Cc2ccc(Br)cc2)n1. The molecule has 20 heavy (non-hydrogen) atoms. The van der Waals surface area contributed by atoms with E-state index in [2.05, 4.69) is 45.1 Å². The van der Waals surface area contributed by atoms with Crippen LogP contribution >= 0.6 is 15.9 Å². The fourth-order valence-corrected chi connectivity index (χ4v) is 2.11. The molecule has 0 amide bonds. The lowest BCUT2D eigenvalue weighted by Gasteiger charge is -2.08. The summed E-state index contributed by atoms with van der Waals surface area (Å²) in [6.07, 6.45) is 0.623. The number of hydrogen-bond donors (Lipinski definition) is 2. The molecule has 0 fully saturated rings. The molecule has 2 N–H and O–H groups in total. The first-order valence-corrected chi connectivity index (χ1v) is 7.39. The van der Waals surface area contributed by atoms with Gasteiger partial charge in [0.2, 0.25) is 0 Å². The van der Waals surface area contributed by atoms with E-state index in [1.807, 2.05) is 24.3 Å². The van der Waals surface area contributed by atoms with Crippen molar-refractivity contribution in [3.05, 3.63) is 62.2 Å². The van der Waals surface area contributed by atoms with Gasteiger partial charge in [0.05, 0.1) is 5.69 Å². The summed E-state index contributed by atoms with van der Waals surface area (Å²) in [5.41, 5.74) is 1.78. The fourth-order valence-electron chi connectivity index (χ4n) is 1.84. The normalized spacial score (nSPS) is 11.0. The van der Waals surface area contributed by atoms with Crippen molar-refractivity contribution in [2.24, 2.45) is 0 Å². The van der Waals surface area contributed by atoms with Gasteiger partial charge in [0.15, 0.2) is 0 Å². The third-order valence-corrected chi connectivity index (χ3v) is 3.35. The molecule has 0 spiro atoms. The molecule has 0 aliphatic rings. The molecule has 0 unspecified atom stereocenters. The minimum absolute atomic E-state index is 0.104. The van der Waals surface area contributed by atoms with E-state index in [-0.39, 0.29) is 5.56 Å². The van der Waals surface area contributed by atoms with E-state index in [1.165, 1.54) is 0 Å².